The maximum absolute atomic E-state index is 11.5. The number of hydrogen-bond donors (Lipinski definition) is 2. The SMILES string of the molecule is NC(=O)N1CCCC1(C(=O)O)c1ccccn1. The van der Waals surface area contributed by atoms with E-state index in [-0.39, 0.29) is 0 Å². The van der Waals surface area contributed by atoms with Gasteiger partial charge in [-0.1, -0.05) is 6.07 Å². The molecule has 90 valence electrons. The molecule has 0 bridgehead atoms. The zero-order valence-electron chi connectivity index (χ0n) is 9.17. The highest BCUT2D eigenvalue weighted by atomic mass is 16.4. The van der Waals surface area contributed by atoms with Crippen molar-refractivity contribution in [1.82, 2.24) is 9.88 Å². The number of primary amides is 1. The Morgan fingerprint density at radius 2 is 2.24 bits per heavy atom. The summed E-state index contributed by atoms with van der Waals surface area (Å²) in [6, 6.07) is 4.28. The first-order valence-corrected chi connectivity index (χ1v) is 5.31. The van der Waals surface area contributed by atoms with Gasteiger partial charge in [0.1, 0.15) is 0 Å². The summed E-state index contributed by atoms with van der Waals surface area (Å²) in [5.74, 6) is -1.09. The zero-order valence-corrected chi connectivity index (χ0v) is 9.17. The molecular weight excluding hydrogens is 222 g/mol. The maximum atomic E-state index is 11.5. The number of aliphatic carboxylic acids is 1. The number of nitrogens with two attached hydrogens (primary N) is 1. The van der Waals surface area contributed by atoms with Crippen LogP contribution in [0.1, 0.15) is 18.5 Å². The molecule has 1 saturated heterocycles. The Bertz CT molecular complexity index is 449. The van der Waals surface area contributed by atoms with E-state index in [1.54, 1.807) is 18.2 Å². The molecule has 17 heavy (non-hydrogen) atoms. The van der Waals surface area contributed by atoms with Crippen molar-refractivity contribution in [1.29, 1.82) is 0 Å². The average molecular weight is 235 g/mol. The van der Waals surface area contributed by atoms with E-state index in [2.05, 4.69) is 4.98 Å². The third-order valence-electron chi connectivity index (χ3n) is 3.09. The Morgan fingerprint density at radius 3 is 2.76 bits per heavy atom. The monoisotopic (exact) mass is 235 g/mol. The summed E-state index contributed by atoms with van der Waals surface area (Å²) in [5.41, 5.74) is 4.19. The third kappa shape index (κ3) is 1.61. The number of pyridine rings is 1. The minimum atomic E-state index is -1.41. The van der Waals surface area contributed by atoms with Gasteiger partial charge in [-0.3, -0.25) is 4.98 Å². The van der Waals surface area contributed by atoms with Crippen molar-refractivity contribution < 1.29 is 14.7 Å². The van der Waals surface area contributed by atoms with E-state index in [0.29, 0.717) is 25.1 Å². The number of aromatic nitrogens is 1. The molecule has 1 aliphatic rings. The number of hydrogen-bond acceptors (Lipinski definition) is 3. The van der Waals surface area contributed by atoms with Gasteiger partial charge in [0.15, 0.2) is 5.54 Å². The van der Waals surface area contributed by atoms with Crippen molar-refractivity contribution in [2.75, 3.05) is 6.54 Å². The van der Waals surface area contributed by atoms with Crippen LogP contribution in [-0.2, 0) is 10.3 Å². The number of rotatable bonds is 2. The highest BCUT2D eigenvalue weighted by Gasteiger charge is 2.52. The van der Waals surface area contributed by atoms with Crippen molar-refractivity contribution in [3.63, 3.8) is 0 Å². The summed E-state index contributed by atoms with van der Waals surface area (Å²) in [6.07, 6.45) is 2.45. The highest BCUT2D eigenvalue weighted by molar-refractivity contribution is 5.87. The van der Waals surface area contributed by atoms with Crippen LogP contribution >= 0.6 is 0 Å². The van der Waals surface area contributed by atoms with Crippen LogP contribution in [0.2, 0.25) is 0 Å². The molecule has 0 radical (unpaired) electrons. The largest absolute Gasteiger partial charge is 0.479 e. The molecule has 0 spiro atoms. The van der Waals surface area contributed by atoms with Gasteiger partial charge < -0.3 is 15.7 Å². The fraction of sp³-hybridized carbons (Fsp3) is 0.364. The van der Waals surface area contributed by atoms with Gasteiger partial charge in [-0.2, -0.15) is 0 Å². The van der Waals surface area contributed by atoms with Crippen LogP contribution < -0.4 is 5.73 Å². The number of urea groups is 1. The number of amides is 2. The standard InChI is InChI=1S/C11H13N3O3/c12-10(17)14-7-3-5-11(14,9(15)16)8-4-1-2-6-13-8/h1-2,4,6H,3,5,7H2,(H2,12,17)(H,15,16). The first-order valence-electron chi connectivity index (χ1n) is 5.31. The van der Waals surface area contributed by atoms with Gasteiger partial charge in [-0.25, -0.2) is 9.59 Å². The summed E-state index contributed by atoms with van der Waals surface area (Å²) in [5, 5.41) is 9.45. The molecule has 1 unspecified atom stereocenters. The highest BCUT2D eigenvalue weighted by Crippen LogP contribution is 2.37. The van der Waals surface area contributed by atoms with Crippen LogP contribution in [0, 0.1) is 0 Å². The van der Waals surface area contributed by atoms with Gasteiger partial charge >= 0.3 is 12.0 Å². The predicted molar refractivity (Wildman–Crippen MR) is 59.1 cm³/mol. The van der Waals surface area contributed by atoms with Crippen molar-refractivity contribution >= 4 is 12.0 Å². The third-order valence-corrected chi connectivity index (χ3v) is 3.09. The van der Waals surface area contributed by atoms with Crippen LogP contribution in [0.25, 0.3) is 0 Å². The number of carbonyl (C=O) groups is 2. The Morgan fingerprint density at radius 1 is 1.47 bits per heavy atom. The van der Waals surface area contributed by atoms with Crippen LogP contribution in [0.5, 0.6) is 0 Å². The van der Waals surface area contributed by atoms with Crippen LogP contribution in [0.3, 0.4) is 0 Å². The number of nitrogens with zero attached hydrogens (tertiary/aromatic N) is 2. The Labute approximate surface area is 98.1 Å². The van der Waals surface area contributed by atoms with E-state index < -0.39 is 17.5 Å². The van der Waals surface area contributed by atoms with E-state index in [4.69, 9.17) is 5.73 Å². The first-order chi connectivity index (χ1) is 8.09. The smallest absolute Gasteiger partial charge is 0.336 e. The first kappa shape index (κ1) is 11.4. The summed E-state index contributed by atoms with van der Waals surface area (Å²) in [4.78, 5) is 28.1. The van der Waals surface area contributed by atoms with E-state index in [0.717, 1.165) is 0 Å². The molecule has 6 heteroatoms. The number of likely N-dealkylation sites (tertiary alicyclic amines) is 1. The summed E-state index contributed by atoms with van der Waals surface area (Å²) in [6.45, 7) is 0.345. The summed E-state index contributed by atoms with van der Waals surface area (Å²) in [7, 11) is 0. The Balaban J connectivity index is 2.54. The second kappa shape index (κ2) is 4.04. The van der Waals surface area contributed by atoms with Gasteiger partial charge in [0.05, 0.1) is 5.69 Å². The lowest BCUT2D eigenvalue weighted by atomic mass is 9.91. The molecule has 1 aromatic rings. The maximum Gasteiger partial charge on any atom is 0.336 e. The van der Waals surface area contributed by atoms with Gasteiger partial charge in [0.25, 0.3) is 0 Å². The molecule has 0 aromatic carbocycles. The lowest BCUT2D eigenvalue weighted by molar-refractivity contribution is -0.149. The summed E-state index contributed by atoms with van der Waals surface area (Å²) >= 11 is 0. The normalized spacial score (nSPS) is 23.6. The molecule has 1 atom stereocenters. The van der Waals surface area contributed by atoms with Gasteiger partial charge in [0, 0.05) is 12.7 Å². The van der Waals surface area contributed by atoms with E-state index in [1.807, 2.05) is 0 Å². The van der Waals surface area contributed by atoms with Crippen LogP contribution in [-0.4, -0.2) is 33.5 Å². The molecule has 2 amide bonds. The number of carboxylic acids is 1. The molecule has 0 saturated carbocycles. The van der Waals surface area contributed by atoms with E-state index in [1.165, 1.54) is 11.1 Å². The van der Waals surface area contributed by atoms with Gasteiger partial charge in [-0.15, -0.1) is 0 Å². The minimum absolute atomic E-state index is 0.336. The fourth-order valence-corrected chi connectivity index (χ4v) is 2.32. The predicted octanol–water partition coefficient (Wildman–Crippen LogP) is 0.536. The second-order valence-corrected chi connectivity index (χ2v) is 3.97. The fourth-order valence-electron chi connectivity index (χ4n) is 2.32. The zero-order chi connectivity index (χ0) is 12.5. The van der Waals surface area contributed by atoms with Crippen molar-refractivity contribution in [3.8, 4) is 0 Å². The lowest BCUT2D eigenvalue weighted by Crippen LogP contribution is -2.52. The van der Waals surface area contributed by atoms with E-state index >= 15 is 0 Å². The van der Waals surface area contributed by atoms with Gasteiger partial charge in [-0.05, 0) is 25.0 Å². The van der Waals surface area contributed by atoms with Crippen molar-refractivity contribution in [2.24, 2.45) is 5.73 Å². The number of carboxylic acid groups (broad SMARTS) is 1. The Hall–Kier alpha value is -2.11. The molecular formula is C11H13N3O3. The molecule has 2 rings (SSSR count). The lowest BCUT2D eigenvalue weighted by Gasteiger charge is -2.32. The van der Waals surface area contributed by atoms with Crippen LogP contribution in [0.15, 0.2) is 24.4 Å². The van der Waals surface area contributed by atoms with Crippen molar-refractivity contribution in [2.45, 2.75) is 18.4 Å². The van der Waals surface area contributed by atoms with Crippen molar-refractivity contribution in [3.05, 3.63) is 30.1 Å². The molecule has 1 fully saturated rings. The van der Waals surface area contributed by atoms with E-state index in [9.17, 15) is 14.7 Å². The topological polar surface area (TPSA) is 96.5 Å². The van der Waals surface area contributed by atoms with Gasteiger partial charge in [0.2, 0.25) is 0 Å². The molecule has 1 aliphatic heterocycles. The number of carbonyl (C=O) groups excluding carboxylic acids is 1. The molecule has 2 heterocycles. The van der Waals surface area contributed by atoms with Crippen LogP contribution in [0.4, 0.5) is 4.79 Å². The quantitative estimate of drug-likeness (QED) is 0.781. The Kier molecular flexibility index (Phi) is 2.71. The second-order valence-electron chi connectivity index (χ2n) is 3.97. The molecule has 1 aromatic heterocycles. The minimum Gasteiger partial charge on any atom is -0.479 e. The molecule has 6 nitrogen and oxygen atoms in total. The molecule has 0 aliphatic carbocycles. The molecule has 3 N–H and O–H groups in total. The average Bonchev–Trinajstić information content (AvgIpc) is 2.75. The summed E-state index contributed by atoms with van der Waals surface area (Å²) < 4.78 is 0.